The highest BCUT2D eigenvalue weighted by Crippen LogP contribution is 2.32. The zero-order valence-electron chi connectivity index (χ0n) is 17.0. The quantitative estimate of drug-likeness (QED) is 0.669. The molecule has 0 saturated heterocycles. The summed E-state index contributed by atoms with van der Waals surface area (Å²) in [4.78, 5) is 25.7. The van der Waals surface area contributed by atoms with Gasteiger partial charge in [-0.25, -0.2) is 0 Å². The number of thioether (sulfide) groups is 1. The summed E-state index contributed by atoms with van der Waals surface area (Å²) in [6.07, 6.45) is 0. The van der Waals surface area contributed by atoms with Crippen molar-refractivity contribution in [2.24, 2.45) is 11.8 Å². The molecule has 1 N–H and O–H groups in total. The Hall–Kier alpha value is -1.33. The molecule has 0 fully saturated rings. The molecule has 1 aromatic carbocycles. The molecule has 146 valence electrons. The second kappa shape index (κ2) is 10.1. The van der Waals surface area contributed by atoms with E-state index in [9.17, 15) is 9.59 Å². The summed E-state index contributed by atoms with van der Waals surface area (Å²) in [5.74, 6) is -0.802. The van der Waals surface area contributed by atoms with Crippen molar-refractivity contribution in [2.75, 3.05) is 6.61 Å². The minimum Gasteiger partial charge on any atom is -0.465 e. The van der Waals surface area contributed by atoms with E-state index in [1.165, 1.54) is 11.8 Å². The number of hydrogen-bond donors (Lipinski definition) is 1. The fourth-order valence-electron chi connectivity index (χ4n) is 2.82. The largest absolute Gasteiger partial charge is 0.465 e. The molecule has 0 aliphatic rings. The molecule has 4 nitrogen and oxygen atoms in total. The standard InChI is InChI=1S/C21H33NO3S/c1-8-25-19(23)18(22-15(4)16-12-10-9-11-13-16)17(14(2)3)20(24)26-21(5,6)7/h9-15,17-18,22H,8H2,1-7H3/t15-,17-,18+/m1/s1. The molecule has 0 aromatic heterocycles. The van der Waals surface area contributed by atoms with Crippen LogP contribution in [-0.2, 0) is 14.3 Å². The first-order chi connectivity index (χ1) is 12.1. The van der Waals surface area contributed by atoms with Crippen LogP contribution in [0, 0.1) is 11.8 Å². The van der Waals surface area contributed by atoms with E-state index in [0.717, 1.165) is 5.56 Å². The third-order valence-electron chi connectivity index (χ3n) is 4.03. The van der Waals surface area contributed by atoms with Gasteiger partial charge in [0.25, 0.3) is 0 Å². The lowest BCUT2D eigenvalue weighted by atomic mass is 9.88. The number of hydrogen-bond acceptors (Lipinski definition) is 5. The highest BCUT2D eigenvalue weighted by Gasteiger charge is 2.39. The number of carbonyl (C=O) groups excluding carboxylic acids is 2. The van der Waals surface area contributed by atoms with Crippen molar-refractivity contribution in [2.45, 2.75) is 65.3 Å². The van der Waals surface area contributed by atoms with E-state index in [0.29, 0.717) is 6.61 Å². The lowest BCUT2D eigenvalue weighted by Gasteiger charge is -2.32. The van der Waals surface area contributed by atoms with Gasteiger partial charge in [-0.15, -0.1) is 0 Å². The van der Waals surface area contributed by atoms with Crippen LogP contribution < -0.4 is 5.32 Å². The smallest absolute Gasteiger partial charge is 0.323 e. The van der Waals surface area contributed by atoms with Gasteiger partial charge in [-0.05, 0) is 25.3 Å². The molecule has 0 bridgehead atoms. The first-order valence-corrected chi connectivity index (χ1v) is 10.1. The predicted molar refractivity (Wildman–Crippen MR) is 109 cm³/mol. The summed E-state index contributed by atoms with van der Waals surface area (Å²) in [5.41, 5.74) is 1.07. The van der Waals surface area contributed by atoms with Crippen molar-refractivity contribution in [1.82, 2.24) is 5.32 Å². The predicted octanol–water partition coefficient (Wildman–Crippen LogP) is 4.60. The van der Waals surface area contributed by atoms with Gasteiger partial charge in [-0.2, -0.15) is 0 Å². The first-order valence-electron chi connectivity index (χ1n) is 9.27. The van der Waals surface area contributed by atoms with Crippen LogP contribution in [0.5, 0.6) is 0 Å². The van der Waals surface area contributed by atoms with Gasteiger partial charge in [0.05, 0.1) is 12.5 Å². The van der Waals surface area contributed by atoms with E-state index in [1.807, 2.05) is 71.9 Å². The van der Waals surface area contributed by atoms with E-state index < -0.39 is 12.0 Å². The summed E-state index contributed by atoms with van der Waals surface area (Å²) >= 11 is 1.29. The number of carbonyl (C=O) groups is 2. The maximum absolute atomic E-state index is 13.0. The van der Waals surface area contributed by atoms with E-state index in [1.54, 1.807) is 6.92 Å². The fraction of sp³-hybridized carbons (Fsp3) is 0.619. The molecule has 0 aliphatic heterocycles. The zero-order valence-corrected chi connectivity index (χ0v) is 17.9. The van der Waals surface area contributed by atoms with E-state index >= 15 is 0 Å². The van der Waals surface area contributed by atoms with Crippen LogP contribution in [-0.4, -0.2) is 28.5 Å². The summed E-state index contributed by atoms with van der Waals surface area (Å²) in [7, 11) is 0. The summed E-state index contributed by atoms with van der Waals surface area (Å²) in [6, 6.07) is 9.17. The van der Waals surface area contributed by atoms with Crippen molar-refractivity contribution in [1.29, 1.82) is 0 Å². The molecule has 5 heteroatoms. The van der Waals surface area contributed by atoms with Crippen molar-refractivity contribution < 1.29 is 14.3 Å². The Kier molecular flexibility index (Phi) is 8.84. The van der Waals surface area contributed by atoms with E-state index in [4.69, 9.17) is 4.74 Å². The Labute approximate surface area is 162 Å². The minimum atomic E-state index is -0.674. The second-order valence-electron chi connectivity index (χ2n) is 7.83. The summed E-state index contributed by atoms with van der Waals surface area (Å²) < 4.78 is 5.09. The summed E-state index contributed by atoms with van der Waals surface area (Å²) in [5, 5.41) is 3.38. The SMILES string of the molecule is CCOC(=O)[C@@H](N[C@H](C)c1ccccc1)[C@H](C(=O)SC(C)(C)C)C(C)C. The van der Waals surface area contributed by atoms with Gasteiger partial charge in [-0.3, -0.25) is 14.9 Å². The normalized spacial score (nSPS) is 15.4. The molecule has 0 heterocycles. The third-order valence-corrected chi connectivity index (χ3v) is 5.11. The van der Waals surface area contributed by atoms with Gasteiger partial charge >= 0.3 is 5.97 Å². The van der Waals surface area contributed by atoms with Gasteiger partial charge in [0.1, 0.15) is 6.04 Å². The Morgan fingerprint density at radius 3 is 2.15 bits per heavy atom. The topological polar surface area (TPSA) is 55.4 Å². The Bertz CT molecular complexity index is 581. The third kappa shape index (κ3) is 7.12. The summed E-state index contributed by atoms with van der Waals surface area (Å²) in [6.45, 7) is 14.1. The molecule has 0 amide bonds. The van der Waals surface area contributed by atoms with Gasteiger partial charge < -0.3 is 4.74 Å². The fourth-order valence-corrected chi connectivity index (χ4v) is 3.97. The average molecular weight is 380 g/mol. The van der Waals surface area contributed by atoms with Crippen molar-refractivity contribution in [3.63, 3.8) is 0 Å². The van der Waals surface area contributed by atoms with Crippen molar-refractivity contribution in [3.8, 4) is 0 Å². The number of benzene rings is 1. The van der Waals surface area contributed by atoms with E-state index in [-0.39, 0.29) is 27.8 Å². The molecule has 0 saturated carbocycles. The van der Waals surface area contributed by atoms with Crippen LogP contribution >= 0.6 is 11.8 Å². The van der Waals surface area contributed by atoms with Crippen LogP contribution in [0.15, 0.2) is 30.3 Å². The number of esters is 1. The number of ether oxygens (including phenoxy) is 1. The second-order valence-corrected chi connectivity index (χ2v) is 9.66. The Morgan fingerprint density at radius 1 is 1.12 bits per heavy atom. The molecule has 1 aromatic rings. The zero-order chi connectivity index (χ0) is 19.9. The van der Waals surface area contributed by atoms with Gasteiger partial charge in [0, 0.05) is 10.8 Å². The van der Waals surface area contributed by atoms with Gasteiger partial charge in [0.15, 0.2) is 5.12 Å². The maximum atomic E-state index is 13.0. The molecule has 26 heavy (non-hydrogen) atoms. The average Bonchev–Trinajstić information content (AvgIpc) is 2.53. The molecule has 0 aliphatic carbocycles. The van der Waals surface area contributed by atoms with Crippen molar-refractivity contribution >= 4 is 22.8 Å². The monoisotopic (exact) mass is 379 g/mol. The van der Waals surface area contributed by atoms with Gasteiger partial charge in [-0.1, -0.05) is 76.7 Å². The first kappa shape index (κ1) is 22.7. The molecule has 1 rings (SSSR count). The number of rotatable bonds is 8. The van der Waals surface area contributed by atoms with Crippen molar-refractivity contribution in [3.05, 3.63) is 35.9 Å². The molecular formula is C21H33NO3S. The molecule has 0 unspecified atom stereocenters. The van der Waals surface area contributed by atoms with Crippen LogP contribution in [0.25, 0.3) is 0 Å². The molecule has 0 spiro atoms. The number of nitrogens with one attached hydrogen (secondary N) is 1. The lowest BCUT2D eigenvalue weighted by Crippen LogP contribution is -2.49. The molecule has 0 radical (unpaired) electrons. The van der Waals surface area contributed by atoms with Crippen LogP contribution in [0.2, 0.25) is 0 Å². The highest BCUT2D eigenvalue weighted by molar-refractivity contribution is 8.14. The van der Waals surface area contributed by atoms with Crippen LogP contribution in [0.4, 0.5) is 0 Å². The van der Waals surface area contributed by atoms with E-state index in [2.05, 4.69) is 5.32 Å². The minimum absolute atomic E-state index is 0.0160. The lowest BCUT2D eigenvalue weighted by molar-refractivity contribution is -0.149. The molecule has 3 atom stereocenters. The van der Waals surface area contributed by atoms with Gasteiger partial charge in [0.2, 0.25) is 0 Å². The highest BCUT2D eigenvalue weighted by atomic mass is 32.2. The van der Waals surface area contributed by atoms with Crippen LogP contribution in [0.1, 0.15) is 60.1 Å². The maximum Gasteiger partial charge on any atom is 0.323 e. The van der Waals surface area contributed by atoms with Crippen LogP contribution in [0.3, 0.4) is 0 Å². The Balaban J connectivity index is 3.11. The molecular weight excluding hydrogens is 346 g/mol. The Morgan fingerprint density at radius 2 is 1.69 bits per heavy atom.